The summed E-state index contributed by atoms with van der Waals surface area (Å²) >= 11 is 6.86. The highest BCUT2D eigenvalue weighted by atomic mass is 32.2. The maximum absolute atomic E-state index is 13.3. The fourth-order valence-electron chi connectivity index (χ4n) is 3.79. The number of hydrogen-bond acceptors (Lipinski definition) is 4. The Bertz CT molecular complexity index is 1380. The molecule has 0 N–H and O–H groups in total. The summed E-state index contributed by atoms with van der Waals surface area (Å²) in [5.74, 6) is 0.618. The summed E-state index contributed by atoms with van der Waals surface area (Å²) in [6.07, 6.45) is 1.91. The molecule has 0 unspecified atom stereocenters. The molecule has 0 atom stereocenters. The number of aryl methyl sites for hydroxylation is 1. The van der Waals surface area contributed by atoms with Gasteiger partial charge in [0.1, 0.15) is 12.4 Å². The van der Waals surface area contributed by atoms with Crippen LogP contribution in [0.2, 0.25) is 0 Å². The predicted octanol–water partition coefficient (Wildman–Crippen LogP) is 7.13. The predicted molar refractivity (Wildman–Crippen MR) is 142 cm³/mol. The molecule has 0 saturated carbocycles. The lowest BCUT2D eigenvalue weighted by Crippen LogP contribution is -2.27. The number of hydrogen-bond donors (Lipinski definition) is 0. The third-order valence-corrected chi connectivity index (χ3v) is 6.83. The number of carbonyl (C=O) groups excluding carboxylic acids is 1. The van der Waals surface area contributed by atoms with Gasteiger partial charge in [0.25, 0.3) is 5.91 Å². The number of anilines is 1. The van der Waals surface area contributed by atoms with Gasteiger partial charge in [-0.1, -0.05) is 102 Å². The van der Waals surface area contributed by atoms with Crippen LogP contribution in [0, 0.1) is 6.92 Å². The standard InChI is InChI=1S/C28H21NO2S2/c1-19-11-13-20(14-12-19)18-31-25-16-15-21-7-5-6-10-23(21)24(25)17-26-27(30)29(28(32)33-26)22-8-3-2-4-9-22/h2-17H,18H2,1H3/b26-17+. The SMILES string of the molecule is Cc1ccc(COc2ccc3ccccc3c2/C=C2/SC(=S)N(c3ccccc3)C2=O)cc1. The number of thioether (sulfide) groups is 1. The third-order valence-electron chi connectivity index (χ3n) is 5.53. The summed E-state index contributed by atoms with van der Waals surface area (Å²) in [4.78, 5) is 15.5. The highest BCUT2D eigenvalue weighted by molar-refractivity contribution is 8.27. The van der Waals surface area contributed by atoms with Crippen molar-refractivity contribution < 1.29 is 9.53 Å². The Labute approximate surface area is 202 Å². The van der Waals surface area contributed by atoms with Gasteiger partial charge in [0.2, 0.25) is 0 Å². The zero-order valence-electron chi connectivity index (χ0n) is 18.0. The summed E-state index contributed by atoms with van der Waals surface area (Å²) < 4.78 is 6.77. The molecule has 0 bridgehead atoms. The van der Waals surface area contributed by atoms with E-state index in [0.29, 0.717) is 15.8 Å². The number of ether oxygens (including phenoxy) is 1. The molecule has 5 rings (SSSR count). The Morgan fingerprint density at radius 3 is 2.42 bits per heavy atom. The molecule has 0 aromatic heterocycles. The topological polar surface area (TPSA) is 29.5 Å². The zero-order chi connectivity index (χ0) is 22.8. The number of carbonyl (C=O) groups is 1. The first-order chi connectivity index (χ1) is 16.1. The van der Waals surface area contributed by atoms with Crippen LogP contribution in [-0.4, -0.2) is 10.2 Å². The van der Waals surface area contributed by atoms with Crippen LogP contribution in [0.1, 0.15) is 16.7 Å². The Morgan fingerprint density at radius 2 is 1.64 bits per heavy atom. The minimum absolute atomic E-state index is 0.117. The summed E-state index contributed by atoms with van der Waals surface area (Å²) in [6, 6.07) is 29.9. The quantitative estimate of drug-likeness (QED) is 0.231. The second kappa shape index (κ2) is 9.22. The van der Waals surface area contributed by atoms with E-state index in [0.717, 1.165) is 33.3 Å². The summed E-state index contributed by atoms with van der Waals surface area (Å²) in [6.45, 7) is 2.52. The van der Waals surface area contributed by atoms with E-state index >= 15 is 0 Å². The third kappa shape index (κ3) is 4.42. The lowest BCUT2D eigenvalue weighted by molar-refractivity contribution is -0.113. The summed E-state index contributed by atoms with van der Waals surface area (Å²) in [7, 11) is 0. The normalized spacial score (nSPS) is 14.9. The van der Waals surface area contributed by atoms with Crippen LogP contribution in [0.15, 0.2) is 95.9 Å². The summed E-state index contributed by atoms with van der Waals surface area (Å²) in [5.41, 5.74) is 3.96. The first kappa shape index (κ1) is 21.4. The molecule has 0 radical (unpaired) electrons. The van der Waals surface area contributed by atoms with Gasteiger partial charge in [0, 0.05) is 5.56 Å². The van der Waals surface area contributed by atoms with E-state index < -0.39 is 0 Å². The Morgan fingerprint density at radius 1 is 0.909 bits per heavy atom. The molecule has 1 fully saturated rings. The maximum Gasteiger partial charge on any atom is 0.270 e. The number of nitrogens with zero attached hydrogens (tertiary/aromatic N) is 1. The molecule has 0 aliphatic carbocycles. The average Bonchev–Trinajstić information content (AvgIpc) is 3.12. The monoisotopic (exact) mass is 467 g/mol. The van der Waals surface area contributed by atoms with Crippen molar-refractivity contribution in [2.45, 2.75) is 13.5 Å². The van der Waals surface area contributed by atoms with Crippen LogP contribution in [0.25, 0.3) is 16.8 Å². The van der Waals surface area contributed by atoms with Crippen LogP contribution < -0.4 is 9.64 Å². The largest absolute Gasteiger partial charge is 0.488 e. The van der Waals surface area contributed by atoms with Crippen molar-refractivity contribution in [2.75, 3.05) is 4.90 Å². The Hall–Kier alpha value is -3.41. The van der Waals surface area contributed by atoms with Gasteiger partial charge in [-0.25, -0.2) is 0 Å². The molecule has 1 saturated heterocycles. The maximum atomic E-state index is 13.3. The molecule has 1 aliphatic heterocycles. The first-order valence-corrected chi connectivity index (χ1v) is 11.9. The van der Waals surface area contributed by atoms with Gasteiger partial charge in [-0.2, -0.15) is 0 Å². The van der Waals surface area contributed by atoms with Crippen LogP contribution in [0.4, 0.5) is 5.69 Å². The number of amides is 1. The highest BCUT2D eigenvalue weighted by Gasteiger charge is 2.33. The van der Waals surface area contributed by atoms with Crippen molar-refractivity contribution >= 4 is 56.7 Å². The lowest BCUT2D eigenvalue weighted by Gasteiger charge is -2.14. The van der Waals surface area contributed by atoms with E-state index in [4.69, 9.17) is 17.0 Å². The van der Waals surface area contributed by atoms with Gasteiger partial charge in [-0.15, -0.1) is 0 Å². The lowest BCUT2D eigenvalue weighted by atomic mass is 10.0. The van der Waals surface area contributed by atoms with Crippen LogP contribution in [0.5, 0.6) is 5.75 Å². The minimum Gasteiger partial charge on any atom is -0.488 e. The van der Waals surface area contributed by atoms with Gasteiger partial charge in [-0.3, -0.25) is 9.69 Å². The van der Waals surface area contributed by atoms with Gasteiger partial charge in [0.05, 0.1) is 10.6 Å². The Balaban J connectivity index is 1.53. The molecular weight excluding hydrogens is 446 g/mol. The second-order valence-electron chi connectivity index (χ2n) is 7.83. The molecule has 1 aliphatic rings. The smallest absolute Gasteiger partial charge is 0.270 e. The number of thiocarbonyl (C=S) groups is 1. The van der Waals surface area contributed by atoms with Crippen molar-refractivity contribution in [3.8, 4) is 5.75 Å². The number of rotatable bonds is 5. The molecular formula is C28H21NO2S2. The number of fused-ring (bicyclic) bond motifs is 1. The van der Waals surface area contributed by atoms with Gasteiger partial charge in [0.15, 0.2) is 4.32 Å². The highest BCUT2D eigenvalue weighted by Crippen LogP contribution is 2.39. The number of para-hydroxylation sites is 1. The second-order valence-corrected chi connectivity index (χ2v) is 9.50. The van der Waals surface area contributed by atoms with Crippen LogP contribution in [-0.2, 0) is 11.4 Å². The molecule has 1 heterocycles. The molecule has 4 aromatic rings. The molecule has 33 heavy (non-hydrogen) atoms. The van der Waals surface area contributed by atoms with E-state index in [1.54, 1.807) is 4.90 Å². The van der Waals surface area contributed by atoms with E-state index in [9.17, 15) is 4.79 Å². The van der Waals surface area contributed by atoms with Crippen molar-refractivity contribution in [1.29, 1.82) is 0 Å². The minimum atomic E-state index is -0.117. The van der Waals surface area contributed by atoms with Gasteiger partial charge < -0.3 is 4.74 Å². The van der Waals surface area contributed by atoms with Crippen molar-refractivity contribution in [3.05, 3.63) is 113 Å². The Kier molecular flexibility index (Phi) is 5.99. The average molecular weight is 468 g/mol. The molecule has 162 valence electrons. The van der Waals surface area contributed by atoms with Gasteiger partial charge in [-0.05, 0) is 47.5 Å². The van der Waals surface area contributed by atoms with Crippen LogP contribution >= 0.6 is 24.0 Å². The molecule has 5 heteroatoms. The van der Waals surface area contributed by atoms with E-state index in [1.165, 1.54) is 17.3 Å². The van der Waals surface area contributed by atoms with E-state index in [1.807, 2.05) is 60.7 Å². The first-order valence-electron chi connectivity index (χ1n) is 10.6. The van der Waals surface area contributed by atoms with Crippen LogP contribution in [0.3, 0.4) is 0 Å². The van der Waals surface area contributed by atoms with Crippen molar-refractivity contribution in [1.82, 2.24) is 0 Å². The van der Waals surface area contributed by atoms with E-state index in [2.05, 4.69) is 43.3 Å². The summed E-state index contributed by atoms with van der Waals surface area (Å²) in [5, 5.41) is 2.12. The van der Waals surface area contributed by atoms with E-state index in [-0.39, 0.29) is 5.91 Å². The molecule has 4 aromatic carbocycles. The molecule has 3 nitrogen and oxygen atoms in total. The fraction of sp³-hybridized carbons (Fsp3) is 0.0714. The molecule has 1 amide bonds. The van der Waals surface area contributed by atoms with Crippen molar-refractivity contribution in [2.24, 2.45) is 0 Å². The number of benzene rings is 4. The zero-order valence-corrected chi connectivity index (χ0v) is 19.7. The fourth-order valence-corrected chi connectivity index (χ4v) is 5.07. The van der Waals surface area contributed by atoms with Crippen molar-refractivity contribution in [3.63, 3.8) is 0 Å². The van der Waals surface area contributed by atoms with Gasteiger partial charge >= 0.3 is 0 Å². The molecule has 0 spiro atoms.